The highest BCUT2D eigenvalue weighted by atomic mass is 32.1. The third-order valence-corrected chi connectivity index (χ3v) is 3.46. The first kappa shape index (κ1) is 11.1. The fourth-order valence-corrected chi connectivity index (χ4v) is 2.45. The van der Waals surface area contributed by atoms with E-state index in [1.807, 2.05) is 20.0 Å². The van der Waals surface area contributed by atoms with Crippen molar-refractivity contribution in [2.24, 2.45) is 0 Å². The van der Waals surface area contributed by atoms with Crippen LogP contribution in [0, 0.1) is 13.8 Å². The van der Waals surface area contributed by atoms with E-state index in [0.29, 0.717) is 12.3 Å². The normalized spacial score (nSPS) is 11.0. The van der Waals surface area contributed by atoms with E-state index >= 15 is 0 Å². The average molecular weight is 261 g/mol. The van der Waals surface area contributed by atoms with Crippen molar-refractivity contribution in [3.63, 3.8) is 0 Å². The number of anilines is 1. The van der Waals surface area contributed by atoms with Gasteiger partial charge in [-0.05, 0) is 13.8 Å². The van der Waals surface area contributed by atoms with E-state index in [1.165, 1.54) is 6.33 Å². The zero-order chi connectivity index (χ0) is 12.5. The van der Waals surface area contributed by atoms with Gasteiger partial charge < -0.3 is 9.84 Å². The molecule has 3 aromatic heterocycles. The molecular formula is C11H11N5OS. The van der Waals surface area contributed by atoms with Gasteiger partial charge in [-0.2, -0.15) is 4.98 Å². The van der Waals surface area contributed by atoms with Gasteiger partial charge in [-0.15, -0.1) is 11.3 Å². The molecule has 0 atom stereocenters. The summed E-state index contributed by atoms with van der Waals surface area (Å²) in [7, 11) is 0. The monoisotopic (exact) mass is 261 g/mol. The van der Waals surface area contributed by atoms with E-state index in [-0.39, 0.29) is 0 Å². The number of hydrogen-bond acceptors (Lipinski definition) is 7. The molecule has 0 aliphatic rings. The van der Waals surface area contributed by atoms with Crippen molar-refractivity contribution in [1.29, 1.82) is 0 Å². The number of aromatic nitrogens is 4. The van der Waals surface area contributed by atoms with E-state index in [0.717, 1.165) is 26.8 Å². The Labute approximate surface area is 107 Å². The second kappa shape index (κ2) is 4.34. The Hall–Kier alpha value is -2.02. The van der Waals surface area contributed by atoms with Crippen LogP contribution in [0.2, 0.25) is 0 Å². The van der Waals surface area contributed by atoms with Gasteiger partial charge in [-0.25, -0.2) is 9.97 Å². The van der Waals surface area contributed by atoms with Crippen LogP contribution >= 0.6 is 11.3 Å². The minimum Gasteiger partial charge on any atom is -0.364 e. The molecule has 7 heteroatoms. The van der Waals surface area contributed by atoms with Crippen LogP contribution in [0.15, 0.2) is 17.0 Å². The van der Waals surface area contributed by atoms with Gasteiger partial charge in [0.2, 0.25) is 0 Å². The minimum absolute atomic E-state index is 0.505. The van der Waals surface area contributed by atoms with E-state index < -0.39 is 0 Å². The molecule has 0 aliphatic carbocycles. The fraction of sp³-hybridized carbons (Fsp3) is 0.273. The molecule has 0 amide bonds. The van der Waals surface area contributed by atoms with Crippen LogP contribution in [0.4, 0.5) is 5.82 Å². The molecule has 0 saturated heterocycles. The Morgan fingerprint density at radius 2 is 2.17 bits per heavy atom. The number of rotatable bonds is 3. The third kappa shape index (κ3) is 1.92. The Morgan fingerprint density at radius 1 is 1.28 bits per heavy atom. The van der Waals surface area contributed by atoms with E-state index in [9.17, 15) is 0 Å². The molecule has 0 unspecified atom stereocenters. The van der Waals surface area contributed by atoms with Gasteiger partial charge >= 0.3 is 0 Å². The van der Waals surface area contributed by atoms with Gasteiger partial charge in [0.05, 0.1) is 17.2 Å². The maximum absolute atomic E-state index is 5.09. The Kier molecular flexibility index (Phi) is 2.67. The zero-order valence-electron chi connectivity index (χ0n) is 9.97. The topological polar surface area (TPSA) is 76.7 Å². The predicted octanol–water partition coefficient (Wildman–Crippen LogP) is 2.30. The molecule has 0 aliphatic heterocycles. The first-order chi connectivity index (χ1) is 8.74. The summed E-state index contributed by atoms with van der Waals surface area (Å²) in [4.78, 5) is 13.6. The van der Waals surface area contributed by atoms with Crippen LogP contribution in [-0.2, 0) is 6.54 Å². The highest BCUT2D eigenvalue weighted by molar-refractivity contribution is 7.11. The Bertz CT molecular complexity index is 690. The summed E-state index contributed by atoms with van der Waals surface area (Å²) in [5, 5.41) is 9.04. The van der Waals surface area contributed by atoms with Crippen LogP contribution in [0.3, 0.4) is 0 Å². The molecule has 18 heavy (non-hydrogen) atoms. The van der Waals surface area contributed by atoms with Crippen LogP contribution in [0.5, 0.6) is 0 Å². The van der Waals surface area contributed by atoms with Gasteiger partial charge in [0, 0.05) is 11.1 Å². The van der Waals surface area contributed by atoms with E-state index in [2.05, 4.69) is 25.4 Å². The quantitative estimate of drug-likeness (QED) is 0.779. The van der Waals surface area contributed by atoms with E-state index in [4.69, 9.17) is 4.52 Å². The molecule has 0 fully saturated rings. The smallest absolute Gasteiger partial charge is 0.263 e. The lowest BCUT2D eigenvalue weighted by atomic mass is 10.3. The highest BCUT2D eigenvalue weighted by Gasteiger charge is 2.11. The largest absolute Gasteiger partial charge is 0.364 e. The number of fused-ring (bicyclic) bond motifs is 1. The van der Waals surface area contributed by atoms with Crippen LogP contribution < -0.4 is 5.32 Å². The lowest BCUT2D eigenvalue weighted by Gasteiger charge is -2.03. The molecule has 0 radical (unpaired) electrons. The fourth-order valence-electron chi connectivity index (χ4n) is 1.71. The number of thiazole rings is 1. The number of hydrogen-bond donors (Lipinski definition) is 1. The average Bonchev–Trinajstić information content (AvgIpc) is 2.94. The second-order valence-electron chi connectivity index (χ2n) is 3.87. The van der Waals surface area contributed by atoms with Crippen molar-refractivity contribution < 1.29 is 4.52 Å². The molecule has 92 valence electrons. The number of nitrogens with one attached hydrogen (secondary N) is 1. The maximum atomic E-state index is 5.09. The summed E-state index contributed by atoms with van der Waals surface area (Å²) in [6.07, 6.45) is 3.33. The molecule has 0 aromatic carbocycles. The van der Waals surface area contributed by atoms with Gasteiger partial charge in [0.1, 0.15) is 17.5 Å². The summed E-state index contributed by atoms with van der Waals surface area (Å²) < 4.78 is 5.09. The van der Waals surface area contributed by atoms with Crippen molar-refractivity contribution in [2.45, 2.75) is 20.4 Å². The molecule has 0 saturated carbocycles. The van der Waals surface area contributed by atoms with Crippen LogP contribution in [-0.4, -0.2) is 20.1 Å². The van der Waals surface area contributed by atoms with Gasteiger partial charge in [-0.1, -0.05) is 5.16 Å². The summed E-state index contributed by atoms with van der Waals surface area (Å²) in [5.74, 6) is 0.741. The number of aryl methyl sites for hydroxylation is 2. The SMILES string of the molecule is Cc1ncc(CNc2ncnc3onc(C)c23)s1. The first-order valence-corrected chi connectivity index (χ1v) is 6.28. The van der Waals surface area contributed by atoms with Crippen LogP contribution in [0.25, 0.3) is 11.1 Å². The molecular weight excluding hydrogens is 250 g/mol. The highest BCUT2D eigenvalue weighted by Crippen LogP contribution is 2.23. The minimum atomic E-state index is 0.505. The summed E-state index contributed by atoms with van der Waals surface area (Å²) in [6, 6.07) is 0. The maximum Gasteiger partial charge on any atom is 0.263 e. The molecule has 3 rings (SSSR count). The Balaban J connectivity index is 1.88. The molecule has 6 nitrogen and oxygen atoms in total. The van der Waals surface area contributed by atoms with Crippen molar-refractivity contribution in [3.8, 4) is 0 Å². The summed E-state index contributed by atoms with van der Waals surface area (Å²) in [6.45, 7) is 4.54. The van der Waals surface area contributed by atoms with Crippen molar-refractivity contribution in [3.05, 3.63) is 28.1 Å². The number of nitrogens with zero attached hydrogens (tertiary/aromatic N) is 4. The summed E-state index contributed by atoms with van der Waals surface area (Å²) in [5.41, 5.74) is 1.29. The molecule has 0 bridgehead atoms. The first-order valence-electron chi connectivity index (χ1n) is 5.46. The van der Waals surface area contributed by atoms with Crippen molar-refractivity contribution in [2.75, 3.05) is 5.32 Å². The van der Waals surface area contributed by atoms with Gasteiger partial charge in [-0.3, -0.25) is 0 Å². The van der Waals surface area contributed by atoms with Crippen molar-refractivity contribution in [1.82, 2.24) is 20.1 Å². The second-order valence-corrected chi connectivity index (χ2v) is 5.19. The molecule has 0 spiro atoms. The lowest BCUT2D eigenvalue weighted by Crippen LogP contribution is -2.01. The Morgan fingerprint density at radius 3 is 2.94 bits per heavy atom. The molecule has 3 aromatic rings. The third-order valence-electron chi connectivity index (χ3n) is 2.54. The zero-order valence-corrected chi connectivity index (χ0v) is 10.8. The lowest BCUT2D eigenvalue weighted by molar-refractivity contribution is 0.442. The van der Waals surface area contributed by atoms with Crippen molar-refractivity contribution >= 4 is 28.3 Å². The van der Waals surface area contributed by atoms with Gasteiger partial charge in [0.15, 0.2) is 0 Å². The summed E-state index contributed by atoms with van der Waals surface area (Å²) >= 11 is 1.66. The predicted molar refractivity (Wildman–Crippen MR) is 68.5 cm³/mol. The van der Waals surface area contributed by atoms with E-state index in [1.54, 1.807) is 11.3 Å². The van der Waals surface area contributed by atoms with Crippen LogP contribution in [0.1, 0.15) is 15.6 Å². The standard InChI is InChI=1S/C11H11N5OS/c1-6-9-10(14-5-15-11(9)17-16-6)13-4-8-3-12-7(2)18-8/h3,5H,4H2,1-2H3,(H,13,14,15). The molecule has 1 N–H and O–H groups in total. The van der Waals surface area contributed by atoms with Gasteiger partial charge in [0.25, 0.3) is 5.71 Å². The molecule has 3 heterocycles.